The lowest BCUT2D eigenvalue weighted by atomic mass is 10.0. The highest BCUT2D eigenvalue weighted by molar-refractivity contribution is 5.92. The monoisotopic (exact) mass is 336 g/mol. The summed E-state index contributed by atoms with van der Waals surface area (Å²) < 4.78 is 0. The Morgan fingerprint density at radius 1 is 1.32 bits per heavy atom. The third kappa shape index (κ3) is 3.33. The highest BCUT2D eigenvalue weighted by Crippen LogP contribution is 2.39. The molecule has 0 atom stereocenters. The Kier molecular flexibility index (Phi) is 4.10. The van der Waals surface area contributed by atoms with E-state index in [0.717, 1.165) is 37.4 Å². The van der Waals surface area contributed by atoms with Gasteiger partial charge in [-0.3, -0.25) is 9.89 Å². The van der Waals surface area contributed by atoms with E-state index in [0.29, 0.717) is 17.2 Å². The molecule has 0 aromatic carbocycles. The summed E-state index contributed by atoms with van der Waals surface area (Å²) in [4.78, 5) is 18.8. The minimum atomic E-state index is -0.114. The number of carbonyl (C=O) groups excluding carboxylic acids is 1. The van der Waals surface area contributed by atoms with Crippen LogP contribution in [0.4, 0.5) is 5.82 Å². The maximum absolute atomic E-state index is 12.4. The first kappa shape index (κ1) is 15.6. The molecule has 2 N–H and O–H groups in total. The van der Waals surface area contributed by atoms with Gasteiger partial charge >= 0.3 is 0 Å². The van der Waals surface area contributed by atoms with E-state index in [1.54, 1.807) is 18.3 Å². The number of anilines is 1. The van der Waals surface area contributed by atoms with Crippen molar-refractivity contribution >= 4 is 11.7 Å². The van der Waals surface area contributed by atoms with Crippen LogP contribution in [0.15, 0.2) is 24.4 Å². The second-order valence-electron chi connectivity index (χ2n) is 6.70. The summed E-state index contributed by atoms with van der Waals surface area (Å²) in [6.45, 7) is 1.54. The first-order chi connectivity index (χ1) is 12.2. The van der Waals surface area contributed by atoms with Crippen molar-refractivity contribution in [3.63, 3.8) is 0 Å². The van der Waals surface area contributed by atoms with E-state index < -0.39 is 0 Å². The van der Waals surface area contributed by atoms with Crippen molar-refractivity contribution in [2.24, 2.45) is 0 Å². The van der Waals surface area contributed by atoms with Gasteiger partial charge in [-0.05, 0) is 43.9 Å². The highest BCUT2D eigenvalue weighted by Gasteiger charge is 2.28. The molecule has 0 bridgehead atoms. The maximum atomic E-state index is 12.4. The van der Waals surface area contributed by atoms with Crippen molar-refractivity contribution in [3.8, 4) is 6.07 Å². The fourth-order valence-electron chi connectivity index (χ4n) is 3.29. The summed E-state index contributed by atoms with van der Waals surface area (Å²) in [5.74, 6) is 1.18. The lowest BCUT2D eigenvalue weighted by Gasteiger charge is -2.33. The van der Waals surface area contributed by atoms with Gasteiger partial charge in [0.1, 0.15) is 17.6 Å². The maximum Gasteiger partial charge on any atom is 0.271 e. The molecule has 0 spiro atoms. The molecular formula is C18H20N6O. The summed E-state index contributed by atoms with van der Waals surface area (Å²) in [7, 11) is 0. The van der Waals surface area contributed by atoms with Gasteiger partial charge < -0.3 is 10.2 Å². The number of aromatic nitrogens is 3. The third-order valence-electron chi connectivity index (χ3n) is 4.88. The van der Waals surface area contributed by atoms with E-state index in [9.17, 15) is 10.1 Å². The van der Waals surface area contributed by atoms with E-state index in [2.05, 4.69) is 31.5 Å². The Bertz CT molecular complexity index is 811. The molecule has 128 valence electrons. The first-order valence-corrected chi connectivity index (χ1v) is 8.71. The zero-order chi connectivity index (χ0) is 17.2. The number of nitrogens with zero attached hydrogens (tertiary/aromatic N) is 4. The van der Waals surface area contributed by atoms with E-state index >= 15 is 0 Å². The van der Waals surface area contributed by atoms with Gasteiger partial charge in [0.05, 0.1) is 5.56 Å². The number of H-pyrrole nitrogens is 1. The smallest absolute Gasteiger partial charge is 0.271 e. The number of rotatable bonds is 4. The number of aromatic amines is 1. The molecule has 7 heteroatoms. The van der Waals surface area contributed by atoms with Crippen LogP contribution in [0.25, 0.3) is 0 Å². The normalized spacial score (nSPS) is 18.0. The molecular weight excluding hydrogens is 316 g/mol. The fraction of sp³-hybridized carbons (Fsp3) is 0.444. The van der Waals surface area contributed by atoms with Crippen molar-refractivity contribution in [2.45, 2.75) is 37.6 Å². The van der Waals surface area contributed by atoms with E-state index in [1.165, 1.54) is 12.8 Å². The quantitative estimate of drug-likeness (QED) is 0.889. The van der Waals surface area contributed by atoms with Crippen LogP contribution in [-0.2, 0) is 0 Å². The average Bonchev–Trinajstić information content (AvgIpc) is 3.39. The van der Waals surface area contributed by atoms with Crippen molar-refractivity contribution < 1.29 is 4.79 Å². The molecule has 25 heavy (non-hydrogen) atoms. The average molecular weight is 336 g/mol. The SMILES string of the molecule is N#Cc1cccnc1N1CCC(NC(=O)c2cc(C3CC3)[nH]n2)CC1. The number of hydrogen-bond acceptors (Lipinski definition) is 5. The summed E-state index contributed by atoms with van der Waals surface area (Å²) in [6.07, 6.45) is 5.72. The number of amides is 1. The molecule has 1 aliphatic carbocycles. The first-order valence-electron chi connectivity index (χ1n) is 8.71. The lowest BCUT2D eigenvalue weighted by molar-refractivity contribution is 0.0926. The van der Waals surface area contributed by atoms with Crippen LogP contribution in [0, 0.1) is 11.3 Å². The van der Waals surface area contributed by atoms with Crippen LogP contribution >= 0.6 is 0 Å². The summed E-state index contributed by atoms with van der Waals surface area (Å²) in [5.41, 5.74) is 2.13. The topological polar surface area (TPSA) is 97.7 Å². The Hall–Kier alpha value is -2.88. The van der Waals surface area contributed by atoms with Crippen molar-refractivity contribution in [1.82, 2.24) is 20.5 Å². The largest absolute Gasteiger partial charge is 0.355 e. The molecule has 1 saturated heterocycles. The second-order valence-corrected chi connectivity index (χ2v) is 6.70. The number of nitriles is 1. The molecule has 1 aliphatic heterocycles. The minimum absolute atomic E-state index is 0.114. The molecule has 1 saturated carbocycles. The number of carbonyl (C=O) groups is 1. The molecule has 4 rings (SSSR count). The van der Waals surface area contributed by atoms with Gasteiger partial charge in [0.2, 0.25) is 0 Å². The second kappa shape index (κ2) is 6.55. The summed E-state index contributed by atoms with van der Waals surface area (Å²) in [5, 5.41) is 19.4. The lowest BCUT2D eigenvalue weighted by Crippen LogP contribution is -2.45. The number of piperidine rings is 1. The number of nitrogens with one attached hydrogen (secondary N) is 2. The highest BCUT2D eigenvalue weighted by atomic mass is 16.2. The number of pyridine rings is 1. The van der Waals surface area contributed by atoms with Crippen LogP contribution in [-0.4, -0.2) is 40.2 Å². The van der Waals surface area contributed by atoms with Crippen molar-refractivity contribution in [3.05, 3.63) is 41.3 Å². The predicted octanol–water partition coefficient (Wildman–Crippen LogP) is 1.95. The Balaban J connectivity index is 1.34. The van der Waals surface area contributed by atoms with Crippen LogP contribution < -0.4 is 10.2 Å². The van der Waals surface area contributed by atoms with E-state index in [1.807, 2.05) is 6.07 Å². The Labute approximate surface area is 146 Å². The van der Waals surface area contributed by atoms with Crippen LogP contribution in [0.5, 0.6) is 0 Å². The molecule has 2 aromatic rings. The fourth-order valence-corrected chi connectivity index (χ4v) is 3.29. The van der Waals surface area contributed by atoms with E-state index in [4.69, 9.17) is 0 Å². The molecule has 0 radical (unpaired) electrons. The van der Waals surface area contributed by atoms with Gasteiger partial charge in [0, 0.05) is 36.9 Å². The van der Waals surface area contributed by atoms with Gasteiger partial charge in [-0.1, -0.05) is 0 Å². The van der Waals surface area contributed by atoms with Gasteiger partial charge in [-0.25, -0.2) is 4.98 Å². The predicted molar refractivity (Wildman–Crippen MR) is 92.2 cm³/mol. The summed E-state index contributed by atoms with van der Waals surface area (Å²) in [6, 6.07) is 7.74. The van der Waals surface area contributed by atoms with Crippen LogP contribution in [0.3, 0.4) is 0 Å². The zero-order valence-corrected chi connectivity index (χ0v) is 13.9. The zero-order valence-electron chi connectivity index (χ0n) is 13.9. The Morgan fingerprint density at radius 3 is 2.84 bits per heavy atom. The molecule has 2 aliphatic rings. The van der Waals surface area contributed by atoms with Gasteiger partial charge in [-0.2, -0.15) is 10.4 Å². The molecule has 2 aromatic heterocycles. The standard InChI is InChI=1S/C18H20N6O/c19-11-13-2-1-7-20-17(13)24-8-5-14(6-9-24)21-18(25)16-10-15(22-23-16)12-3-4-12/h1-2,7,10,12,14H,3-6,8-9H2,(H,21,25)(H,22,23). The van der Waals surface area contributed by atoms with Crippen molar-refractivity contribution in [2.75, 3.05) is 18.0 Å². The van der Waals surface area contributed by atoms with Crippen LogP contribution in [0.2, 0.25) is 0 Å². The third-order valence-corrected chi connectivity index (χ3v) is 4.88. The number of hydrogen-bond donors (Lipinski definition) is 2. The minimum Gasteiger partial charge on any atom is -0.355 e. The van der Waals surface area contributed by atoms with Gasteiger partial charge in [-0.15, -0.1) is 0 Å². The van der Waals surface area contributed by atoms with Crippen molar-refractivity contribution in [1.29, 1.82) is 5.26 Å². The molecule has 7 nitrogen and oxygen atoms in total. The van der Waals surface area contributed by atoms with Gasteiger partial charge in [0.15, 0.2) is 0 Å². The summed E-state index contributed by atoms with van der Waals surface area (Å²) >= 11 is 0. The molecule has 0 unspecified atom stereocenters. The molecule has 2 fully saturated rings. The van der Waals surface area contributed by atoms with Gasteiger partial charge in [0.25, 0.3) is 5.91 Å². The Morgan fingerprint density at radius 2 is 2.12 bits per heavy atom. The molecule has 3 heterocycles. The molecule has 1 amide bonds. The van der Waals surface area contributed by atoms with E-state index in [-0.39, 0.29) is 11.9 Å². The van der Waals surface area contributed by atoms with Crippen LogP contribution in [0.1, 0.15) is 53.3 Å².